The zero-order valence-electron chi connectivity index (χ0n) is 9.26. The van der Waals surface area contributed by atoms with Crippen molar-refractivity contribution in [2.75, 3.05) is 26.8 Å². The molecule has 0 aromatic rings. The molecule has 0 fully saturated rings. The molecule has 13 heavy (non-hydrogen) atoms. The average Bonchev–Trinajstić information content (AvgIpc) is 2.05. The Balaban J connectivity index is 3.44. The Morgan fingerprint density at radius 3 is 2.62 bits per heavy atom. The van der Waals surface area contributed by atoms with Crippen LogP contribution in [0.15, 0.2) is 0 Å². The summed E-state index contributed by atoms with van der Waals surface area (Å²) in [6, 6.07) is 0. The SMILES string of the molecule is CCC(C)(O)CNCC(C)COC. The molecular formula is C10H23NO2. The van der Waals surface area contributed by atoms with Crippen molar-refractivity contribution in [1.29, 1.82) is 0 Å². The van der Waals surface area contributed by atoms with Crippen molar-refractivity contribution < 1.29 is 9.84 Å². The van der Waals surface area contributed by atoms with Gasteiger partial charge in [-0.05, 0) is 19.3 Å². The molecule has 0 rings (SSSR count). The first-order valence-corrected chi connectivity index (χ1v) is 4.94. The van der Waals surface area contributed by atoms with Crippen LogP contribution in [0.3, 0.4) is 0 Å². The Morgan fingerprint density at radius 1 is 1.54 bits per heavy atom. The lowest BCUT2D eigenvalue weighted by molar-refractivity contribution is 0.0536. The van der Waals surface area contributed by atoms with Gasteiger partial charge >= 0.3 is 0 Å². The van der Waals surface area contributed by atoms with Crippen LogP contribution in [-0.2, 0) is 4.74 Å². The molecule has 0 saturated heterocycles. The predicted octanol–water partition coefficient (Wildman–Crippen LogP) is 1.02. The molecule has 0 spiro atoms. The Hall–Kier alpha value is -0.120. The van der Waals surface area contributed by atoms with Crippen molar-refractivity contribution in [3.63, 3.8) is 0 Å². The minimum atomic E-state index is -0.577. The number of hydrogen-bond acceptors (Lipinski definition) is 3. The molecule has 3 nitrogen and oxygen atoms in total. The van der Waals surface area contributed by atoms with E-state index in [0.29, 0.717) is 12.5 Å². The number of ether oxygens (including phenoxy) is 1. The highest BCUT2D eigenvalue weighted by atomic mass is 16.5. The highest BCUT2D eigenvalue weighted by Gasteiger charge is 2.16. The van der Waals surface area contributed by atoms with Gasteiger partial charge in [0.05, 0.1) is 5.60 Å². The Bertz CT molecular complexity index is 126. The van der Waals surface area contributed by atoms with Crippen molar-refractivity contribution in [1.82, 2.24) is 5.32 Å². The number of rotatable bonds is 7. The molecule has 0 bridgehead atoms. The van der Waals surface area contributed by atoms with Crippen LogP contribution in [0.1, 0.15) is 27.2 Å². The normalized spacial score (nSPS) is 18.2. The number of hydrogen-bond donors (Lipinski definition) is 2. The molecule has 0 heterocycles. The smallest absolute Gasteiger partial charge is 0.0740 e. The second kappa shape index (κ2) is 6.35. The van der Waals surface area contributed by atoms with Crippen molar-refractivity contribution in [2.45, 2.75) is 32.8 Å². The van der Waals surface area contributed by atoms with E-state index in [0.717, 1.165) is 19.6 Å². The maximum absolute atomic E-state index is 9.67. The van der Waals surface area contributed by atoms with Crippen LogP contribution in [0.4, 0.5) is 0 Å². The summed E-state index contributed by atoms with van der Waals surface area (Å²) in [5, 5.41) is 12.9. The summed E-state index contributed by atoms with van der Waals surface area (Å²) in [6.07, 6.45) is 0.776. The van der Waals surface area contributed by atoms with E-state index in [1.807, 2.05) is 13.8 Å². The van der Waals surface area contributed by atoms with Crippen LogP contribution in [0.5, 0.6) is 0 Å². The van der Waals surface area contributed by atoms with Crippen LogP contribution in [0.25, 0.3) is 0 Å². The summed E-state index contributed by atoms with van der Waals surface area (Å²) < 4.78 is 5.01. The topological polar surface area (TPSA) is 41.5 Å². The minimum Gasteiger partial charge on any atom is -0.389 e. The third-order valence-corrected chi connectivity index (χ3v) is 2.21. The Kier molecular flexibility index (Phi) is 6.29. The minimum absolute atomic E-state index is 0.498. The Morgan fingerprint density at radius 2 is 2.15 bits per heavy atom. The zero-order chi connectivity index (χ0) is 10.3. The first-order chi connectivity index (χ1) is 6.02. The van der Waals surface area contributed by atoms with Crippen molar-refractivity contribution >= 4 is 0 Å². The van der Waals surface area contributed by atoms with Gasteiger partial charge in [0.2, 0.25) is 0 Å². The van der Waals surface area contributed by atoms with Gasteiger partial charge in [-0.15, -0.1) is 0 Å². The highest BCUT2D eigenvalue weighted by Crippen LogP contribution is 2.06. The average molecular weight is 189 g/mol. The van der Waals surface area contributed by atoms with Gasteiger partial charge in [-0.2, -0.15) is 0 Å². The quantitative estimate of drug-likeness (QED) is 0.628. The number of nitrogens with one attached hydrogen (secondary N) is 1. The van der Waals surface area contributed by atoms with Gasteiger partial charge in [-0.25, -0.2) is 0 Å². The third-order valence-electron chi connectivity index (χ3n) is 2.21. The molecule has 0 aliphatic carbocycles. The molecule has 80 valence electrons. The molecule has 0 aliphatic rings. The van der Waals surface area contributed by atoms with Crippen molar-refractivity contribution in [3.05, 3.63) is 0 Å². The maximum atomic E-state index is 9.67. The fourth-order valence-corrected chi connectivity index (χ4v) is 1.06. The van der Waals surface area contributed by atoms with Crippen molar-refractivity contribution in [2.24, 2.45) is 5.92 Å². The van der Waals surface area contributed by atoms with Gasteiger partial charge in [0.15, 0.2) is 0 Å². The summed E-state index contributed by atoms with van der Waals surface area (Å²) in [4.78, 5) is 0. The van der Waals surface area contributed by atoms with Crippen LogP contribution in [0.2, 0.25) is 0 Å². The van der Waals surface area contributed by atoms with Gasteiger partial charge in [-0.3, -0.25) is 0 Å². The molecule has 3 heteroatoms. The fourth-order valence-electron chi connectivity index (χ4n) is 1.06. The summed E-state index contributed by atoms with van der Waals surface area (Å²) in [7, 11) is 1.71. The van der Waals surface area contributed by atoms with Gasteiger partial charge in [0, 0.05) is 26.8 Å². The number of aliphatic hydroxyl groups is 1. The van der Waals surface area contributed by atoms with E-state index in [1.54, 1.807) is 7.11 Å². The molecular weight excluding hydrogens is 166 g/mol. The molecule has 0 radical (unpaired) electrons. The lowest BCUT2D eigenvalue weighted by Crippen LogP contribution is -2.39. The summed E-state index contributed by atoms with van der Waals surface area (Å²) in [5.41, 5.74) is -0.577. The third kappa shape index (κ3) is 6.99. The molecule has 2 N–H and O–H groups in total. The standard InChI is InChI=1S/C10H23NO2/c1-5-10(3,12)8-11-6-9(2)7-13-4/h9,11-12H,5-8H2,1-4H3. The summed E-state index contributed by atoms with van der Waals surface area (Å²) >= 11 is 0. The summed E-state index contributed by atoms with van der Waals surface area (Å²) in [6.45, 7) is 8.27. The second-order valence-electron chi connectivity index (χ2n) is 4.04. The van der Waals surface area contributed by atoms with Crippen molar-refractivity contribution in [3.8, 4) is 0 Å². The van der Waals surface area contributed by atoms with Gasteiger partial charge in [0.25, 0.3) is 0 Å². The van der Waals surface area contributed by atoms with E-state index in [-0.39, 0.29) is 0 Å². The molecule has 0 aromatic carbocycles. The first-order valence-electron chi connectivity index (χ1n) is 4.94. The van der Waals surface area contributed by atoms with Crippen LogP contribution >= 0.6 is 0 Å². The summed E-state index contributed by atoms with van der Waals surface area (Å²) in [5.74, 6) is 0.498. The molecule has 2 atom stereocenters. The van der Waals surface area contributed by atoms with E-state index in [4.69, 9.17) is 4.74 Å². The first kappa shape index (κ1) is 12.9. The fraction of sp³-hybridized carbons (Fsp3) is 1.00. The van der Waals surface area contributed by atoms with Gasteiger partial charge in [0.1, 0.15) is 0 Å². The zero-order valence-corrected chi connectivity index (χ0v) is 9.26. The van der Waals surface area contributed by atoms with E-state index < -0.39 is 5.60 Å². The lowest BCUT2D eigenvalue weighted by Gasteiger charge is -2.22. The van der Waals surface area contributed by atoms with Crippen LogP contribution < -0.4 is 5.32 Å². The van der Waals surface area contributed by atoms with Crippen LogP contribution in [0, 0.1) is 5.92 Å². The second-order valence-corrected chi connectivity index (χ2v) is 4.04. The monoisotopic (exact) mass is 189 g/mol. The molecule has 0 saturated carbocycles. The Labute approximate surface area is 81.5 Å². The largest absolute Gasteiger partial charge is 0.389 e. The molecule has 0 aliphatic heterocycles. The van der Waals surface area contributed by atoms with Gasteiger partial charge in [-0.1, -0.05) is 13.8 Å². The van der Waals surface area contributed by atoms with E-state index in [1.165, 1.54) is 0 Å². The van der Waals surface area contributed by atoms with E-state index in [9.17, 15) is 5.11 Å². The van der Waals surface area contributed by atoms with E-state index in [2.05, 4.69) is 12.2 Å². The van der Waals surface area contributed by atoms with Gasteiger partial charge < -0.3 is 15.2 Å². The van der Waals surface area contributed by atoms with Crippen LogP contribution in [-0.4, -0.2) is 37.5 Å². The maximum Gasteiger partial charge on any atom is 0.0740 e. The lowest BCUT2D eigenvalue weighted by atomic mass is 10.0. The molecule has 2 unspecified atom stereocenters. The van der Waals surface area contributed by atoms with E-state index >= 15 is 0 Å². The predicted molar refractivity (Wildman–Crippen MR) is 54.8 cm³/mol. The highest BCUT2D eigenvalue weighted by molar-refractivity contribution is 4.73. The number of methoxy groups -OCH3 is 1. The molecule has 0 aromatic heterocycles. The molecule has 0 amide bonds.